The number of methoxy groups -OCH3 is 1. The SMILES string of the molecule is COc1cccc(N2C(=O)C(=O)/C(=C(\O)c3cccc([N+](=O)[O-])c3)C2c2ccc(OC(C)=O)cc2)c1. The fourth-order valence-electron chi connectivity index (χ4n) is 3.98. The van der Waals surface area contributed by atoms with Gasteiger partial charge in [0.25, 0.3) is 17.4 Å². The zero-order valence-corrected chi connectivity index (χ0v) is 19.2. The number of anilines is 1. The van der Waals surface area contributed by atoms with Crippen molar-refractivity contribution >= 4 is 34.8 Å². The molecule has 3 aromatic rings. The van der Waals surface area contributed by atoms with Crippen LogP contribution in [0.2, 0.25) is 0 Å². The Balaban J connectivity index is 1.92. The summed E-state index contributed by atoms with van der Waals surface area (Å²) in [7, 11) is 1.46. The minimum atomic E-state index is -1.08. The van der Waals surface area contributed by atoms with E-state index in [0.717, 1.165) is 6.07 Å². The first-order valence-electron chi connectivity index (χ1n) is 10.7. The highest BCUT2D eigenvalue weighted by atomic mass is 16.6. The third-order valence-electron chi connectivity index (χ3n) is 5.56. The molecule has 182 valence electrons. The summed E-state index contributed by atoms with van der Waals surface area (Å²) in [6.07, 6.45) is 0. The van der Waals surface area contributed by atoms with Gasteiger partial charge in [-0.1, -0.05) is 30.3 Å². The van der Waals surface area contributed by atoms with Gasteiger partial charge in [0, 0.05) is 36.4 Å². The molecule has 1 heterocycles. The van der Waals surface area contributed by atoms with E-state index in [2.05, 4.69) is 0 Å². The average molecular weight is 488 g/mol. The van der Waals surface area contributed by atoms with E-state index in [1.807, 2.05) is 0 Å². The van der Waals surface area contributed by atoms with Gasteiger partial charge in [-0.25, -0.2) is 0 Å². The molecule has 10 heteroatoms. The molecule has 1 N–H and O–H groups in total. The van der Waals surface area contributed by atoms with Crippen molar-refractivity contribution in [3.8, 4) is 11.5 Å². The third-order valence-corrected chi connectivity index (χ3v) is 5.56. The van der Waals surface area contributed by atoms with Gasteiger partial charge in [0.2, 0.25) is 0 Å². The molecule has 0 spiro atoms. The van der Waals surface area contributed by atoms with E-state index in [-0.39, 0.29) is 22.6 Å². The Morgan fingerprint density at radius 1 is 1.00 bits per heavy atom. The van der Waals surface area contributed by atoms with Crippen LogP contribution in [0.25, 0.3) is 5.76 Å². The molecule has 1 aliphatic rings. The lowest BCUT2D eigenvalue weighted by Gasteiger charge is -2.26. The summed E-state index contributed by atoms with van der Waals surface area (Å²) in [6.45, 7) is 1.25. The van der Waals surface area contributed by atoms with Crippen molar-refractivity contribution in [2.45, 2.75) is 13.0 Å². The van der Waals surface area contributed by atoms with Crippen molar-refractivity contribution < 1.29 is 33.9 Å². The third kappa shape index (κ3) is 4.51. The highest BCUT2D eigenvalue weighted by molar-refractivity contribution is 6.51. The van der Waals surface area contributed by atoms with Gasteiger partial charge in [-0.05, 0) is 29.8 Å². The predicted molar refractivity (Wildman–Crippen MR) is 129 cm³/mol. The summed E-state index contributed by atoms with van der Waals surface area (Å²) in [4.78, 5) is 49.6. The number of rotatable bonds is 6. The summed E-state index contributed by atoms with van der Waals surface area (Å²) in [5, 5.41) is 22.4. The van der Waals surface area contributed by atoms with E-state index in [4.69, 9.17) is 9.47 Å². The number of nitro benzene ring substituents is 1. The van der Waals surface area contributed by atoms with E-state index < -0.39 is 34.4 Å². The van der Waals surface area contributed by atoms with Crippen LogP contribution < -0.4 is 14.4 Å². The molecular formula is C26H20N2O8. The molecule has 1 fully saturated rings. The van der Waals surface area contributed by atoms with Crippen LogP contribution in [0.15, 0.2) is 78.4 Å². The molecule has 1 aliphatic heterocycles. The van der Waals surface area contributed by atoms with E-state index in [1.165, 1.54) is 49.3 Å². The van der Waals surface area contributed by atoms with Crippen LogP contribution in [0, 0.1) is 10.1 Å². The molecule has 10 nitrogen and oxygen atoms in total. The molecule has 1 saturated heterocycles. The lowest BCUT2D eigenvalue weighted by atomic mass is 9.95. The van der Waals surface area contributed by atoms with E-state index >= 15 is 0 Å². The standard InChI is InChI=1S/C26H20N2O8/c1-15(29)36-20-11-9-16(10-12-20)23-22(24(30)17-5-3-7-19(13-17)28(33)34)25(31)26(32)27(23)18-6-4-8-21(14-18)35-2/h3-14,23,30H,1-2H3/b24-22-. The molecule has 3 aromatic carbocycles. The number of esters is 1. The van der Waals surface area contributed by atoms with E-state index in [9.17, 15) is 29.6 Å². The monoisotopic (exact) mass is 488 g/mol. The van der Waals surface area contributed by atoms with Crippen LogP contribution in [0.3, 0.4) is 0 Å². The number of amides is 1. The van der Waals surface area contributed by atoms with Crippen molar-refractivity contribution in [2.75, 3.05) is 12.0 Å². The maximum absolute atomic E-state index is 13.2. The first-order chi connectivity index (χ1) is 17.2. The molecule has 0 bridgehead atoms. The van der Waals surface area contributed by atoms with Crippen molar-refractivity contribution in [1.29, 1.82) is 0 Å². The van der Waals surface area contributed by atoms with Gasteiger partial charge in [0.15, 0.2) is 0 Å². The van der Waals surface area contributed by atoms with Gasteiger partial charge in [-0.2, -0.15) is 0 Å². The first-order valence-corrected chi connectivity index (χ1v) is 10.7. The number of non-ortho nitro benzene ring substituents is 1. The fraction of sp³-hybridized carbons (Fsp3) is 0.115. The Hall–Kier alpha value is -4.99. The van der Waals surface area contributed by atoms with Gasteiger partial charge in [-0.3, -0.25) is 29.4 Å². The summed E-state index contributed by atoms with van der Waals surface area (Å²) < 4.78 is 10.3. The van der Waals surface area contributed by atoms with Gasteiger partial charge < -0.3 is 14.6 Å². The number of ketones is 1. The molecule has 36 heavy (non-hydrogen) atoms. The van der Waals surface area contributed by atoms with Gasteiger partial charge in [-0.15, -0.1) is 0 Å². The number of benzene rings is 3. The number of carbonyl (C=O) groups is 3. The smallest absolute Gasteiger partial charge is 0.308 e. The quantitative estimate of drug-likeness (QED) is 0.104. The Morgan fingerprint density at radius 2 is 1.69 bits per heavy atom. The number of nitrogens with zero attached hydrogens (tertiary/aromatic N) is 2. The number of hydrogen-bond acceptors (Lipinski definition) is 8. The van der Waals surface area contributed by atoms with Crippen molar-refractivity contribution in [3.63, 3.8) is 0 Å². The molecule has 1 unspecified atom stereocenters. The maximum atomic E-state index is 13.2. The second kappa shape index (κ2) is 9.71. The summed E-state index contributed by atoms with van der Waals surface area (Å²) >= 11 is 0. The number of nitro groups is 1. The van der Waals surface area contributed by atoms with E-state index in [1.54, 1.807) is 36.4 Å². The molecule has 0 aliphatic carbocycles. The highest BCUT2D eigenvalue weighted by Crippen LogP contribution is 2.43. The van der Waals surface area contributed by atoms with Crippen LogP contribution in [-0.2, 0) is 14.4 Å². The number of hydrogen-bond donors (Lipinski definition) is 1. The second-order valence-electron chi connectivity index (χ2n) is 7.84. The van der Waals surface area contributed by atoms with Crippen LogP contribution in [0.1, 0.15) is 24.1 Å². The second-order valence-corrected chi connectivity index (χ2v) is 7.84. The van der Waals surface area contributed by atoms with Gasteiger partial charge in [0.1, 0.15) is 17.3 Å². The zero-order valence-electron chi connectivity index (χ0n) is 19.2. The Labute approximate surface area is 205 Å². The number of ether oxygens (including phenoxy) is 2. The number of aliphatic hydroxyl groups is 1. The van der Waals surface area contributed by atoms with Crippen molar-refractivity contribution in [3.05, 3.63) is 99.6 Å². The van der Waals surface area contributed by atoms with E-state index in [0.29, 0.717) is 17.0 Å². The molecule has 4 rings (SSSR count). The number of aliphatic hydroxyl groups excluding tert-OH is 1. The predicted octanol–water partition coefficient (Wildman–Crippen LogP) is 4.16. The van der Waals surface area contributed by atoms with Crippen LogP contribution >= 0.6 is 0 Å². The van der Waals surface area contributed by atoms with Crippen LogP contribution in [-0.4, -0.2) is 34.8 Å². The lowest BCUT2D eigenvalue weighted by molar-refractivity contribution is -0.384. The Kier molecular flexibility index (Phi) is 6.51. The zero-order chi connectivity index (χ0) is 26.0. The highest BCUT2D eigenvalue weighted by Gasteiger charge is 2.47. The molecule has 1 amide bonds. The van der Waals surface area contributed by atoms with Crippen LogP contribution in [0.4, 0.5) is 11.4 Å². The summed E-state index contributed by atoms with van der Waals surface area (Å²) in [6, 6.07) is 16.7. The molecule has 0 saturated carbocycles. The molecular weight excluding hydrogens is 468 g/mol. The topological polar surface area (TPSA) is 136 Å². The number of Topliss-reactive ketones (excluding diaryl/α,β-unsaturated/α-hetero) is 1. The normalized spacial score (nSPS) is 16.6. The van der Waals surface area contributed by atoms with Gasteiger partial charge >= 0.3 is 5.97 Å². The van der Waals surface area contributed by atoms with Crippen molar-refractivity contribution in [1.82, 2.24) is 0 Å². The average Bonchev–Trinajstić information content (AvgIpc) is 3.14. The molecule has 0 aromatic heterocycles. The lowest BCUT2D eigenvalue weighted by Crippen LogP contribution is -2.29. The Bertz CT molecular complexity index is 1410. The largest absolute Gasteiger partial charge is 0.507 e. The minimum Gasteiger partial charge on any atom is -0.507 e. The van der Waals surface area contributed by atoms with Crippen LogP contribution in [0.5, 0.6) is 11.5 Å². The molecule has 0 radical (unpaired) electrons. The fourth-order valence-corrected chi connectivity index (χ4v) is 3.98. The number of carbonyl (C=O) groups excluding carboxylic acids is 3. The minimum absolute atomic E-state index is 0.00868. The van der Waals surface area contributed by atoms with Crippen molar-refractivity contribution in [2.24, 2.45) is 0 Å². The first kappa shape index (κ1) is 24.1. The van der Waals surface area contributed by atoms with Gasteiger partial charge in [0.05, 0.1) is 23.6 Å². The molecule has 1 atom stereocenters. The Morgan fingerprint density at radius 3 is 2.33 bits per heavy atom. The summed E-state index contributed by atoms with van der Waals surface area (Å²) in [5.41, 5.74) is 0.241. The summed E-state index contributed by atoms with van der Waals surface area (Å²) in [5.74, 6) is -2.24. The maximum Gasteiger partial charge on any atom is 0.308 e.